The van der Waals surface area contributed by atoms with Gasteiger partial charge in [0.05, 0.1) is 20.3 Å². The third-order valence-corrected chi connectivity index (χ3v) is 4.01. The van der Waals surface area contributed by atoms with E-state index < -0.39 is 5.82 Å². The third kappa shape index (κ3) is 2.69. The van der Waals surface area contributed by atoms with Crippen LogP contribution in [-0.4, -0.2) is 38.2 Å². The van der Waals surface area contributed by atoms with E-state index in [0.717, 1.165) is 12.8 Å². The maximum Gasteiger partial charge on any atom is 0.166 e. The third-order valence-electron chi connectivity index (χ3n) is 4.01. The fourth-order valence-corrected chi connectivity index (χ4v) is 3.11. The second kappa shape index (κ2) is 5.50. The number of hydrogen-bond donors (Lipinski definition) is 1. The number of fused-ring (bicyclic) bond motifs is 2. The van der Waals surface area contributed by atoms with Crippen molar-refractivity contribution in [1.29, 1.82) is 0 Å². The quantitative estimate of drug-likeness (QED) is 0.857. The highest BCUT2D eigenvalue weighted by atomic mass is 19.1. The van der Waals surface area contributed by atoms with Crippen LogP contribution in [0, 0.1) is 11.7 Å². The molecule has 2 fully saturated rings. The van der Waals surface area contributed by atoms with Gasteiger partial charge in [0.25, 0.3) is 0 Å². The number of ketones is 1. The molecule has 0 saturated carbocycles. The Morgan fingerprint density at radius 2 is 2.00 bits per heavy atom. The van der Waals surface area contributed by atoms with Gasteiger partial charge in [-0.25, -0.2) is 4.39 Å². The summed E-state index contributed by atoms with van der Waals surface area (Å²) in [6, 6.07) is 4.64. The van der Waals surface area contributed by atoms with E-state index in [9.17, 15) is 9.18 Å². The van der Waals surface area contributed by atoms with E-state index in [4.69, 9.17) is 9.47 Å². The summed E-state index contributed by atoms with van der Waals surface area (Å²) < 4.78 is 24.0. The maximum atomic E-state index is 13.5. The summed E-state index contributed by atoms with van der Waals surface area (Å²) >= 11 is 0. The molecule has 2 unspecified atom stereocenters. The lowest BCUT2D eigenvalue weighted by Crippen LogP contribution is -2.55. The summed E-state index contributed by atoms with van der Waals surface area (Å²) in [5, 5.41) is 3.45. The van der Waals surface area contributed by atoms with Crippen molar-refractivity contribution < 1.29 is 18.7 Å². The summed E-state index contributed by atoms with van der Waals surface area (Å²) in [4.78, 5) is 12.6. The number of halogens is 1. The molecule has 5 heteroatoms. The number of piperidine rings is 1. The van der Waals surface area contributed by atoms with Crippen molar-refractivity contribution in [2.24, 2.45) is 5.92 Å². The van der Waals surface area contributed by atoms with Gasteiger partial charge in [0.15, 0.2) is 5.78 Å². The molecule has 2 atom stereocenters. The van der Waals surface area contributed by atoms with Gasteiger partial charge in [-0.15, -0.1) is 0 Å². The standard InChI is InChI=1S/C15H18FNO3/c1-19-14-5-9(2-11(16)6-14)15(18)10-3-12-7-20-8-13(4-10)17-12/h2,5-6,10,12-13,17H,3-4,7-8H2,1H3. The molecule has 20 heavy (non-hydrogen) atoms. The molecule has 0 spiro atoms. The lowest BCUT2D eigenvalue weighted by atomic mass is 9.82. The largest absolute Gasteiger partial charge is 0.497 e. The van der Waals surface area contributed by atoms with E-state index in [1.165, 1.54) is 19.2 Å². The molecule has 2 heterocycles. The van der Waals surface area contributed by atoms with E-state index in [1.807, 2.05) is 0 Å². The van der Waals surface area contributed by atoms with Crippen LogP contribution >= 0.6 is 0 Å². The van der Waals surface area contributed by atoms with Crippen LogP contribution in [0.2, 0.25) is 0 Å². The predicted octanol–water partition coefficient (Wildman–Crippen LogP) is 1.78. The molecule has 2 aliphatic rings. The van der Waals surface area contributed by atoms with Gasteiger partial charge in [0.2, 0.25) is 0 Å². The monoisotopic (exact) mass is 279 g/mol. The van der Waals surface area contributed by atoms with Crippen LogP contribution in [0.25, 0.3) is 0 Å². The molecule has 0 aliphatic carbocycles. The molecule has 1 aromatic rings. The van der Waals surface area contributed by atoms with Crippen LogP contribution in [0.1, 0.15) is 23.2 Å². The van der Waals surface area contributed by atoms with Gasteiger partial charge >= 0.3 is 0 Å². The Hall–Kier alpha value is -1.46. The zero-order chi connectivity index (χ0) is 14.1. The van der Waals surface area contributed by atoms with Crippen LogP contribution in [0.15, 0.2) is 18.2 Å². The number of Topliss-reactive ketones (excluding diaryl/α,β-unsaturated/α-hetero) is 1. The van der Waals surface area contributed by atoms with Crippen molar-refractivity contribution in [2.75, 3.05) is 20.3 Å². The summed E-state index contributed by atoms with van der Waals surface area (Å²) in [5.41, 5.74) is 0.396. The number of hydrogen-bond acceptors (Lipinski definition) is 4. The highest BCUT2D eigenvalue weighted by Crippen LogP contribution is 2.28. The molecule has 0 aromatic heterocycles. The number of carbonyl (C=O) groups excluding carboxylic acids is 1. The first-order valence-electron chi connectivity index (χ1n) is 6.88. The van der Waals surface area contributed by atoms with Crippen molar-refractivity contribution >= 4 is 5.78 Å². The van der Waals surface area contributed by atoms with Gasteiger partial charge in [0.1, 0.15) is 11.6 Å². The average Bonchev–Trinajstić information content (AvgIpc) is 2.45. The number of ether oxygens (including phenoxy) is 2. The molecule has 1 N–H and O–H groups in total. The molecule has 0 amide bonds. The maximum absolute atomic E-state index is 13.5. The molecule has 2 bridgehead atoms. The number of morpholine rings is 1. The molecular formula is C15H18FNO3. The Morgan fingerprint density at radius 3 is 2.65 bits per heavy atom. The highest BCUT2D eigenvalue weighted by Gasteiger charge is 2.35. The van der Waals surface area contributed by atoms with Crippen molar-refractivity contribution in [1.82, 2.24) is 5.32 Å². The van der Waals surface area contributed by atoms with Crippen LogP contribution < -0.4 is 10.1 Å². The lowest BCUT2D eigenvalue weighted by Gasteiger charge is -2.39. The molecule has 1 aromatic carbocycles. The fraction of sp³-hybridized carbons (Fsp3) is 0.533. The number of methoxy groups -OCH3 is 1. The Balaban J connectivity index is 1.80. The second-order valence-corrected chi connectivity index (χ2v) is 5.51. The minimum Gasteiger partial charge on any atom is -0.497 e. The minimum atomic E-state index is -0.440. The zero-order valence-corrected chi connectivity index (χ0v) is 11.4. The molecular weight excluding hydrogens is 261 g/mol. The Bertz CT molecular complexity index is 508. The van der Waals surface area contributed by atoms with Gasteiger partial charge in [0, 0.05) is 29.6 Å². The van der Waals surface area contributed by atoms with E-state index >= 15 is 0 Å². The van der Waals surface area contributed by atoms with Crippen molar-refractivity contribution in [3.8, 4) is 5.75 Å². The first-order chi connectivity index (χ1) is 9.65. The molecule has 108 valence electrons. The van der Waals surface area contributed by atoms with E-state index in [0.29, 0.717) is 24.5 Å². The average molecular weight is 279 g/mol. The normalized spacial score (nSPS) is 29.0. The molecule has 2 aliphatic heterocycles. The molecule has 4 nitrogen and oxygen atoms in total. The molecule has 3 rings (SSSR count). The zero-order valence-electron chi connectivity index (χ0n) is 11.4. The molecule has 2 saturated heterocycles. The second-order valence-electron chi connectivity index (χ2n) is 5.51. The van der Waals surface area contributed by atoms with Crippen LogP contribution in [0.4, 0.5) is 4.39 Å². The fourth-order valence-electron chi connectivity index (χ4n) is 3.11. The Morgan fingerprint density at radius 1 is 1.30 bits per heavy atom. The van der Waals surface area contributed by atoms with Gasteiger partial charge in [-0.2, -0.15) is 0 Å². The van der Waals surface area contributed by atoms with Crippen molar-refractivity contribution in [2.45, 2.75) is 24.9 Å². The van der Waals surface area contributed by atoms with E-state index in [-0.39, 0.29) is 23.8 Å². The van der Waals surface area contributed by atoms with Crippen molar-refractivity contribution in [3.63, 3.8) is 0 Å². The Labute approximate surface area is 117 Å². The van der Waals surface area contributed by atoms with Gasteiger partial charge in [-0.3, -0.25) is 4.79 Å². The van der Waals surface area contributed by atoms with Crippen LogP contribution in [0.3, 0.4) is 0 Å². The predicted molar refractivity (Wildman–Crippen MR) is 71.5 cm³/mol. The SMILES string of the molecule is COc1cc(F)cc(C(=O)C2CC3COCC(C2)N3)c1. The summed E-state index contributed by atoms with van der Waals surface area (Å²) in [6.07, 6.45) is 1.49. The summed E-state index contributed by atoms with van der Waals surface area (Å²) in [7, 11) is 1.47. The van der Waals surface area contributed by atoms with Crippen molar-refractivity contribution in [3.05, 3.63) is 29.6 Å². The molecule has 0 radical (unpaired) electrons. The first-order valence-corrected chi connectivity index (χ1v) is 6.88. The minimum absolute atomic E-state index is 0.00111. The lowest BCUT2D eigenvalue weighted by molar-refractivity contribution is 0.00951. The number of rotatable bonds is 3. The van der Waals surface area contributed by atoms with Gasteiger partial charge in [-0.05, 0) is 25.0 Å². The van der Waals surface area contributed by atoms with Gasteiger partial charge in [-0.1, -0.05) is 0 Å². The number of carbonyl (C=O) groups is 1. The summed E-state index contributed by atoms with van der Waals surface area (Å²) in [5.74, 6) is -0.126. The topological polar surface area (TPSA) is 47.6 Å². The van der Waals surface area contributed by atoms with Gasteiger partial charge < -0.3 is 14.8 Å². The van der Waals surface area contributed by atoms with E-state index in [2.05, 4.69) is 5.32 Å². The first kappa shape index (κ1) is 13.5. The number of benzene rings is 1. The Kier molecular flexibility index (Phi) is 3.72. The summed E-state index contributed by atoms with van der Waals surface area (Å²) in [6.45, 7) is 1.29. The van der Waals surface area contributed by atoms with E-state index in [1.54, 1.807) is 6.07 Å². The smallest absolute Gasteiger partial charge is 0.166 e. The van der Waals surface area contributed by atoms with Crippen LogP contribution in [0.5, 0.6) is 5.75 Å². The highest BCUT2D eigenvalue weighted by molar-refractivity contribution is 5.98. The van der Waals surface area contributed by atoms with Crippen LogP contribution in [-0.2, 0) is 4.74 Å². The number of nitrogens with one attached hydrogen (secondary N) is 1.